The minimum absolute atomic E-state index is 0.241. The van der Waals surface area contributed by atoms with Crippen LogP contribution in [0.25, 0.3) is 0 Å². The lowest BCUT2D eigenvalue weighted by atomic mass is 9.89. The van der Waals surface area contributed by atoms with E-state index in [1.165, 1.54) is 0 Å². The van der Waals surface area contributed by atoms with Crippen molar-refractivity contribution in [2.75, 3.05) is 0 Å². The normalized spacial score (nSPS) is 15.5. The third-order valence-electron chi connectivity index (χ3n) is 2.17. The zero-order chi connectivity index (χ0) is 8.85. The van der Waals surface area contributed by atoms with Crippen LogP contribution in [0.2, 0.25) is 0 Å². The molecule has 0 aliphatic carbocycles. The Kier molecular flexibility index (Phi) is 4.88. The van der Waals surface area contributed by atoms with Gasteiger partial charge in [-0.05, 0) is 18.8 Å². The number of hydrogen-bond donors (Lipinski definition) is 1. The summed E-state index contributed by atoms with van der Waals surface area (Å²) >= 11 is 0. The SMILES string of the molecule is C=CC(=C)C(CC)C(N)CC. The minimum atomic E-state index is 0.241. The molecule has 2 atom stereocenters. The Morgan fingerprint density at radius 2 is 2.00 bits per heavy atom. The molecule has 0 saturated heterocycles. The van der Waals surface area contributed by atoms with Crippen LogP contribution in [0.3, 0.4) is 0 Å². The maximum Gasteiger partial charge on any atom is 0.0105 e. The lowest BCUT2D eigenvalue weighted by Gasteiger charge is -2.21. The van der Waals surface area contributed by atoms with E-state index in [1.54, 1.807) is 0 Å². The molecule has 64 valence electrons. The van der Waals surface area contributed by atoms with Gasteiger partial charge in [-0.25, -0.2) is 0 Å². The summed E-state index contributed by atoms with van der Waals surface area (Å²) in [4.78, 5) is 0. The van der Waals surface area contributed by atoms with Gasteiger partial charge < -0.3 is 5.73 Å². The van der Waals surface area contributed by atoms with Crippen molar-refractivity contribution in [1.82, 2.24) is 0 Å². The molecule has 0 aliphatic rings. The molecule has 0 aromatic carbocycles. The van der Waals surface area contributed by atoms with E-state index in [0.717, 1.165) is 18.4 Å². The van der Waals surface area contributed by atoms with Crippen molar-refractivity contribution in [3.63, 3.8) is 0 Å². The van der Waals surface area contributed by atoms with Crippen LogP contribution < -0.4 is 5.73 Å². The smallest absolute Gasteiger partial charge is 0.0105 e. The van der Waals surface area contributed by atoms with Gasteiger partial charge in [0.1, 0.15) is 0 Å². The molecule has 0 aromatic rings. The van der Waals surface area contributed by atoms with Crippen LogP contribution in [-0.4, -0.2) is 6.04 Å². The van der Waals surface area contributed by atoms with Gasteiger partial charge in [-0.2, -0.15) is 0 Å². The Bertz CT molecular complexity index is 138. The zero-order valence-corrected chi connectivity index (χ0v) is 7.64. The number of nitrogens with two attached hydrogens (primary N) is 1. The number of rotatable bonds is 5. The summed E-state index contributed by atoms with van der Waals surface area (Å²) in [7, 11) is 0. The van der Waals surface area contributed by atoms with Crippen molar-refractivity contribution in [1.29, 1.82) is 0 Å². The molecule has 0 spiro atoms. The van der Waals surface area contributed by atoms with Crippen LogP contribution in [-0.2, 0) is 0 Å². The van der Waals surface area contributed by atoms with Gasteiger partial charge in [0.2, 0.25) is 0 Å². The first-order valence-corrected chi connectivity index (χ1v) is 4.24. The summed E-state index contributed by atoms with van der Waals surface area (Å²) in [5.74, 6) is 0.414. The number of hydrogen-bond acceptors (Lipinski definition) is 1. The molecule has 2 N–H and O–H groups in total. The number of allylic oxidation sites excluding steroid dienone is 1. The van der Waals surface area contributed by atoms with Crippen LogP contribution in [0.15, 0.2) is 24.8 Å². The molecule has 0 bridgehead atoms. The average Bonchev–Trinajstić information content (AvgIpc) is 2.05. The van der Waals surface area contributed by atoms with E-state index in [-0.39, 0.29) is 6.04 Å². The van der Waals surface area contributed by atoms with E-state index in [9.17, 15) is 0 Å². The third-order valence-corrected chi connectivity index (χ3v) is 2.17. The fourth-order valence-corrected chi connectivity index (χ4v) is 1.28. The predicted octanol–water partition coefficient (Wildman–Crippen LogP) is 2.49. The van der Waals surface area contributed by atoms with Gasteiger partial charge in [0.05, 0.1) is 0 Å². The van der Waals surface area contributed by atoms with E-state index in [4.69, 9.17) is 5.73 Å². The van der Waals surface area contributed by atoms with E-state index >= 15 is 0 Å². The molecule has 1 nitrogen and oxygen atoms in total. The molecular formula is C10H19N. The first kappa shape index (κ1) is 10.4. The summed E-state index contributed by atoms with van der Waals surface area (Å²) in [5.41, 5.74) is 6.97. The Morgan fingerprint density at radius 1 is 1.45 bits per heavy atom. The van der Waals surface area contributed by atoms with Gasteiger partial charge in [-0.1, -0.05) is 38.7 Å². The Balaban J connectivity index is 4.14. The summed E-state index contributed by atoms with van der Waals surface area (Å²) in [6.07, 6.45) is 3.87. The van der Waals surface area contributed by atoms with Crippen molar-refractivity contribution < 1.29 is 0 Å². The second kappa shape index (κ2) is 5.14. The molecule has 11 heavy (non-hydrogen) atoms. The monoisotopic (exact) mass is 153 g/mol. The van der Waals surface area contributed by atoms with Gasteiger partial charge in [0.25, 0.3) is 0 Å². The first-order valence-electron chi connectivity index (χ1n) is 4.24. The molecule has 2 unspecified atom stereocenters. The van der Waals surface area contributed by atoms with E-state index in [1.807, 2.05) is 6.08 Å². The second-order valence-corrected chi connectivity index (χ2v) is 2.87. The van der Waals surface area contributed by atoms with Gasteiger partial charge in [0.15, 0.2) is 0 Å². The van der Waals surface area contributed by atoms with Crippen LogP contribution in [0, 0.1) is 5.92 Å². The highest BCUT2D eigenvalue weighted by Crippen LogP contribution is 2.18. The quantitative estimate of drug-likeness (QED) is 0.603. The standard InChI is InChI=1S/C10H19N/c1-5-8(4)9(6-2)10(11)7-3/h5,9-10H,1,4,6-7,11H2,2-3H3. The van der Waals surface area contributed by atoms with E-state index < -0.39 is 0 Å². The maximum atomic E-state index is 5.90. The molecule has 0 heterocycles. The van der Waals surface area contributed by atoms with E-state index in [2.05, 4.69) is 27.0 Å². The topological polar surface area (TPSA) is 26.0 Å². The van der Waals surface area contributed by atoms with Crippen molar-refractivity contribution in [3.8, 4) is 0 Å². The predicted molar refractivity (Wildman–Crippen MR) is 51.4 cm³/mol. The van der Waals surface area contributed by atoms with Gasteiger partial charge >= 0.3 is 0 Å². The molecule has 0 saturated carbocycles. The summed E-state index contributed by atoms with van der Waals surface area (Å²) in [6.45, 7) is 11.8. The molecular weight excluding hydrogens is 134 g/mol. The Hall–Kier alpha value is -0.560. The van der Waals surface area contributed by atoms with Crippen molar-refractivity contribution in [3.05, 3.63) is 24.8 Å². The van der Waals surface area contributed by atoms with Crippen molar-refractivity contribution >= 4 is 0 Å². The van der Waals surface area contributed by atoms with Gasteiger partial charge in [-0.15, -0.1) is 0 Å². The molecule has 0 aliphatic heterocycles. The highest BCUT2D eigenvalue weighted by atomic mass is 14.6. The largest absolute Gasteiger partial charge is 0.327 e. The molecule has 0 amide bonds. The van der Waals surface area contributed by atoms with Crippen molar-refractivity contribution in [2.45, 2.75) is 32.7 Å². The van der Waals surface area contributed by atoms with E-state index in [0.29, 0.717) is 5.92 Å². The maximum absolute atomic E-state index is 5.90. The Labute approximate surface area is 70.0 Å². The van der Waals surface area contributed by atoms with Crippen LogP contribution >= 0.6 is 0 Å². The fourth-order valence-electron chi connectivity index (χ4n) is 1.28. The zero-order valence-electron chi connectivity index (χ0n) is 7.64. The van der Waals surface area contributed by atoms with Crippen LogP contribution in [0.5, 0.6) is 0 Å². The summed E-state index contributed by atoms with van der Waals surface area (Å²) < 4.78 is 0. The molecule has 0 rings (SSSR count). The van der Waals surface area contributed by atoms with Gasteiger partial charge in [-0.3, -0.25) is 0 Å². The highest BCUT2D eigenvalue weighted by Gasteiger charge is 2.14. The summed E-state index contributed by atoms with van der Waals surface area (Å²) in [6, 6.07) is 0.241. The molecule has 0 radical (unpaired) electrons. The second-order valence-electron chi connectivity index (χ2n) is 2.87. The molecule has 0 aromatic heterocycles. The third kappa shape index (κ3) is 2.89. The van der Waals surface area contributed by atoms with Crippen molar-refractivity contribution in [2.24, 2.45) is 11.7 Å². The van der Waals surface area contributed by atoms with Crippen LogP contribution in [0.4, 0.5) is 0 Å². The Morgan fingerprint density at radius 3 is 2.27 bits per heavy atom. The lowest BCUT2D eigenvalue weighted by Crippen LogP contribution is -2.29. The fraction of sp³-hybridized carbons (Fsp3) is 0.600. The highest BCUT2D eigenvalue weighted by molar-refractivity contribution is 5.16. The molecule has 0 fully saturated rings. The average molecular weight is 153 g/mol. The minimum Gasteiger partial charge on any atom is -0.327 e. The van der Waals surface area contributed by atoms with Crippen LogP contribution in [0.1, 0.15) is 26.7 Å². The van der Waals surface area contributed by atoms with Gasteiger partial charge in [0, 0.05) is 6.04 Å². The lowest BCUT2D eigenvalue weighted by molar-refractivity contribution is 0.462. The molecule has 1 heteroatoms. The first-order chi connectivity index (χ1) is 5.17. The summed E-state index contributed by atoms with van der Waals surface area (Å²) in [5, 5.41) is 0.